The highest BCUT2D eigenvalue weighted by molar-refractivity contribution is 5.85. The lowest BCUT2D eigenvalue weighted by atomic mass is 9.79. The van der Waals surface area contributed by atoms with E-state index in [4.69, 9.17) is 10.5 Å². The molecule has 1 aromatic carbocycles. The van der Waals surface area contributed by atoms with Crippen molar-refractivity contribution in [1.82, 2.24) is 9.88 Å². The van der Waals surface area contributed by atoms with E-state index in [2.05, 4.69) is 5.32 Å². The van der Waals surface area contributed by atoms with Gasteiger partial charge in [-0.3, -0.25) is 9.59 Å². The molecule has 1 aliphatic rings. The lowest BCUT2D eigenvalue weighted by Crippen LogP contribution is -2.48. The van der Waals surface area contributed by atoms with Crippen LogP contribution in [0.5, 0.6) is 0 Å². The third kappa shape index (κ3) is 5.19. The molecule has 3 N–H and O–H groups in total. The fourth-order valence-electron chi connectivity index (χ4n) is 3.21. The van der Waals surface area contributed by atoms with Gasteiger partial charge < -0.3 is 20.4 Å². The topological polar surface area (TPSA) is 86.4 Å². The summed E-state index contributed by atoms with van der Waals surface area (Å²) in [4.78, 5) is 24.4. The number of halogens is 1. The van der Waals surface area contributed by atoms with Crippen molar-refractivity contribution >= 4 is 18.3 Å². The van der Waals surface area contributed by atoms with Gasteiger partial charge >= 0.3 is 0 Å². The summed E-state index contributed by atoms with van der Waals surface area (Å²) in [5, 5.41) is 3.01. The summed E-state index contributed by atoms with van der Waals surface area (Å²) in [5.41, 5.74) is 7.39. The standard InChI is InChI=1S/C20H25N3O3.ClH/c21-15-20(8-11-26-12-9-20)19(25)22-13-16-4-6-17(7-5-16)14-23-10-2-1-3-18(23)24;/h1-7,10H,8-9,11-15,21H2,(H,22,25);1H. The van der Waals surface area contributed by atoms with Crippen LogP contribution in [0.1, 0.15) is 24.0 Å². The minimum absolute atomic E-state index is 0. The molecule has 6 nitrogen and oxygen atoms in total. The number of hydrogen-bond donors (Lipinski definition) is 2. The SMILES string of the molecule is Cl.NCC1(C(=O)NCc2ccc(Cn3ccccc3=O)cc2)CCOCC1. The van der Waals surface area contributed by atoms with Crippen LogP contribution in [0.3, 0.4) is 0 Å². The minimum atomic E-state index is -0.507. The summed E-state index contributed by atoms with van der Waals surface area (Å²) in [6, 6.07) is 13.0. The van der Waals surface area contributed by atoms with Crippen molar-refractivity contribution in [2.75, 3.05) is 19.8 Å². The van der Waals surface area contributed by atoms with E-state index in [1.807, 2.05) is 30.3 Å². The summed E-state index contributed by atoms with van der Waals surface area (Å²) < 4.78 is 7.01. The molecule has 0 bridgehead atoms. The Kier molecular flexibility index (Phi) is 7.59. The summed E-state index contributed by atoms with van der Waals surface area (Å²) in [6.45, 7) is 2.50. The summed E-state index contributed by atoms with van der Waals surface area (Å²) in [5.74, 6) is 0.00298. The third-order valence-electron chi connectivity index (χ3n) is 5.05. The third-order valence-corrected chi connectivity index (χ3v) is 5.05. The van der Waals surface area contributed by atoms with E-state index in [0.29, 0.717) is 45.7 Å². The molecule has 0 spiro atoms. The molecular formula is C20H26ClN3O3. The zero-order valence-corrected chi connectivity index (χ0v) is 16.0. The van der Waals surface area contributed by atoms with E-state index >= 15 is 0 Å². The highest BCUT2D eigenvalue weighted by Gasteiger charge is 2.38. The van der Waals surface area contributed by atoms with Crippen LogP contribution in [0.2, 0.25) is 0 Å². The largest absolute Gasteiger partial charge is 0.381 e. The fourth-order valence-corrected chi connectivity index (χ4v) is 3.21. The molecule has 146 valence electrons. The highest BCUT2D eigenvalue weighted by atomic mass is 35.5. The van der Waals surface area contributed by atoms with Gasteiger partial charge in [0.2, 0.25) is 5.91 Å². The first kappa shape index (κ1) is 21.2. The Bertz CT molecular complexity index is 799. The van der Waals surface area contributed by atoms with Crippen LogP contribution in [0.15, 0.2) is 53.5 Å². The Morgan fingerprint density at radius 1 is 1.11 bits per heavy atom. The Labute approximate surface area is 165 Å². The first-order valence-corrected chi connectivity index (χ1v) is 8.92. The number of carbonyl (C=O) groups is 1. The van der Waals surface area contributed by atoms with E-state index in [0.717, 1.165) is 11.1 Å². The molecule has 0 aliphatic carbocycles. The van der Waals surface area contributed by atoms with Gasteiger partial charge in [0.05, 0.1) is 12.0 Å². The normalized spacial score (nSPS) is 15.6. The maximum absolute atomic E-state index is 12.6. The number of ether oxygens (including phenoxy) is 1. The smallest absolute Gasteiger partial charge is 0.250 e. The van der Waals surface area contributed by atoms with Gasteiger partial charge in [0.15, 0.2) is 0 Å². The molecule has 0 saturated carbocycles. The van der Waals surface area contributed by atoms with Crippen LogP contribution in [-0.4, -0.2) is 30.2 Å². The van der Waals surface area contributed by atoms with Gasteiger partial charge in [-0.1, -0.05) is 30.3 Å². The zero-order chi connectivity index (χ0) is 18.4. The second kappa shape index (κ2) is 9.69. The van der Waals surface area contributed by atoms with E-state index in [9.17, 15) is 9.59 Å². The monoisotopic (exact) mass is 391 g/mol. The number of hydrogen-bond acceptors (Lipinski definition) is 4. The molecule has 3 rings (SSSR count). The maximum Gasteiger partial charge on any atom is 0.250 e. The van der Waals surface area contributed by atoms with Crippen LogP contribution in [-0.2, 0) is 22.6 Å². The number of pyridine rings is 1. The van der Waals surface area contributed by atoms with Crippen LogP contribution >= 0.6 is 12.4 Å². The molecule has 1 fully saturated rings. The number of nitrogens with two attached hydrogens (primary N) is 1. The Balaban J connectivity index is 0.00000261. The molecule has 1 aromatic heterocycles. The number of benzene rings is 1. The molecule has 1 saturated heterocycles. The summed E-state index contributed by atoms with van der Waals surface area (Å²) in [6.07, 6.45) is 3.11. The fraction of sp³-hybridized carbons (Fsp3) is 0.400. The van der Waals surface area contributed by atoms with Gasteiger partial charge in [-0.2, -0.15) is 0 Å². The van der Waals surface area contributed by atoms with Gasteiger partial charge in [-0.05, 0) is 30.0 Å². The average Bonchev–Trinajstić information content (AvgIpc) is 2.69. The van der Waals surface area contributed by atoms with Crippen molar-refractivity contribution in [1.29, 1.82) is 0 Å². The van der Waals surface area contributed by atoms with Crippen LogP contribution < -0.4 is 16.6 Å². The number of amides is 1. The molecule has 0 radical (unpaired) electrons. The van der Waals surface area contributed by atoms with Gasteiger partial charge in [-0.25, -0.2) is 0 Å². The first-order chi connectivity index (χ1) is 12.6. The molecular weight excluding hydrogens is 366 g/mol. The Morgan fingerprint density at radius 2 is 1.78 bits per heavy atom. The second-order valence-electron chi connectivity index (χ2n) is 6.76. The van der Waals surface area contributed by atoms with E-state index < -0.39 is 5.41 Å². The zero-order valence-electron chi connectivity index (χ0n) is 15.2. The predicted octanol–water partition coefficient (Wildman–Crippen LogP) is 1.69. The van der Waals surface area contributed by atoms with E-state index in [-0.39, 0.29) is 23.9 Å². The minimum Gasteiger partial charge on any atom is -0.381 e. The lowest BCUT2D eigenvalue weighted by Gasteiger charge is -2.34. The first-order valence-electron chi connectivity index (χ1n) is 8.92. The van der Waals surface area contributed by atoms with Crippen molar-refractivity contribution in [2.24, 2.45) is 11.1 Å². The van der Waals surface area contributed by atoms with Gasteiger partial charge in [-0.15, -0.1) is 12.4 Å². The highest BCUT2D eigenvalue weighted by Crippen LogP contribution is 2.29. The van der Waals surface area contributed by atoms with Crippen molar-refractivity contribution in [3.05, 3.63) is 70.1 Å². The van der Waals surface area contributed by atoms with Crippen LogP contribution in [0, 0.1) is 5.41 Å². The van der Waals surface area contributed by atoms with Crippen molar-refractivity contribution < 1.29 is 9.53 Å². The number of nitrogens with zero attached hydrogens (tertiary/aromatic N) is 1. The number of carbonyl (C=O) groups excluding carboxylic acids is 1. The van der Waals surface area contributed by atoms with Crippen molar-refractivity contribution in [2.45, 2.75) is 25.9 Å². The molecule has 1 aliphatic heterocycles. The molecule has 27 heavy (non-hydrogen) atoms. The van der Waals surface area contributed by atoms with Gasteiger partial charge in [0.25, 0.3) is 5.56 Å². The average molecular weight is 392 g/mol. The molecule has 2 heterocycles. The second-order valence-corrected chi connectivity index (χ2v) is 6.76. The molecule has 1 amide bonds. The van der Waals surface area contributed by atoms with E-state index in [1.165, 1.54) is 0 Å². The predicted molar refractivity (Wildman–Crippen MR) is 107 cm³/mol. The Morgan fingerprint density at radius 3 is 2.41 bits per heavy atom. The summed E-state index contributed by atoms with van der Waals surface area (Å²) >= 11 is 0. The van der Waals surface area contributed by atoms with Crippen LogP contribution in [0.4, 0.5) is 0 Å². The molecule has 7 heteroatoms. The quantitative estimate of drug-likeness (QED) is 0.784. The van der Waals surface area contributed by atoms with Crippen LogP contribution in [0.25, 0.3) is 0 Å². The number of aromatic nitrogens is 1. The van der Waals surface area contributed by atoms with Crippen molar-refractivity contribution in [3.63, 3.8) is 0 Å². The molecule has 0 atom stereocenters. The van der Waals surface area contributed by atoms with Gasteiger partial charge in [0.1, 0.15) is 0 Å². The lowest BCUT2D eigenvalue weighted by molar-refractivity contribution is -0.136. The summed E-state index contributed by atoms with van der Waals surface area (Å²) in [7, 11) is 0. The molecule has 2 aromatic rings. The Hall–Kier alpha value is -2.15. The maximum atomic E-state index is 12.6. The molecule has 0 unspecified atom stereocenters. The van der Waals surface area contributed by atoms with Gasteiger partial charge in [0, 0.05) is 38.6 Å². The number of nitrogens with one attached hydrogen (secondary N) is 1. The van der Waals surface area contributed by atoms with E-state index in [1.54, 1.807) is 22.9 Å². The van der Waals surface area contributed by atoms with Crippen molar-refractivity contribution in [3.8, 4) is 0 Å². The number of rotatable bonds is 6.